The van der Waals surface area contributed by atoms with Crippen molar-refractivity contribution in [2.75, 3.05) is 13.1 Å². The molecule has 0 aliphatic heterocycles. The van der Waals surface area contributed by atoms with Gasteiger partial charge in [-0.2, -0.15) is 0 Å². The van der Waals surface area contributed by atoms with Crippen molar-refractivity contribution in [2.45, 2.75) is 58.9 Å². The van der Waals surface area contributed by atoms with E-state index in [9.17, 15) is 0 Å². The van der Waals surface area contributed by atoms with Gasteiger partial charge >= 0.3 is 0 Å². The van der Waals surface area contributed by atoms with Gasteiger partial charge in [0.05, 0.1) is 6.20 Å². The summed E-state index contributed by atoms with van der Waals surface area (Å²) in [7, 11) is 0. The first-order chi connectivity index (χ1) is 11.2. The van der Waals surface area contributed by atoms with E-state index in [-0.39, 0.29) is 0 Å². The molecule has 0 fully saturated rings. The van der Waals surface area contributed by atoms with Gasteiger partial charge in [-0.25, -0.2) is 0 Å². The van der Waals surface area contributed by atoms with E-state index in [2.05, 4.69) is 49.0 Å². The molecular formula is C20H28N2O. The molecule has 3 rings (SSSR count). The van der Waals surface area contributed by atoms with E-state index in [0.29, 0.717) is 6.04 Å². The first kappa shape index (κ1) is 16.3. The average molecular weight is 312 g/mol. The van der Waals surface area contributed by atoms with E-state index in [0.717, 1.165) is 17.7 Å². The van der Waals surface area contributed by atoms with Crippen molar-refractivity contribution in [2.24, 2.45) is 0 Å². The van der Waals surface area contributed by atoms with Gasteiger partial charge in [0.1, 0.15) is 0 Å². The summed E-state index contributed by atoms with van der Waals surface area (Å²) in [5.74, 6) is 0.944. The zero-order valence-corrected chi connectivity index (χ0v) is 14.6. The standard InChI is InChI=1S/C20H28N2O/c1-4-11-22(12-5-2)17-10-9-16-7-6-8-18(19(16)13-17)20-15(3)14-21-23-20/h6-8,14,17H,4-5,9-13H2,1-3H3. The summed E-state index contributed by atoms with van der Waals surface area (Å²) in [5, 5.41) is 3.97. The fourth-order valence-corrected chi connectivity index (χ4v) is 3.90. The molecule has 3 nitrogen and oxygen atoms in total. The van der Waals surface area contributed by atoms with E-state index in [1.807, 2.05) is 6.20 Å². The van der Waals surface area contributed by atoms with Gasteiger partial charge in [0, 0.05) is 17.2 Å². The molecule has 1 aromatic heterocycles. The second kappa shape index (κ2) is 7.31. The van der Waals surface area contributed by atoms with Crippen LogP contribution in [0.2, 0.25) is 0 Å². The van der Waals surface area contributed by atoms with E-state index in [4.69, 9.17) is 4.52 Å². The van der Waals surface area contributed by atoms with Gasteiger partial charge in [-0.3, -0.25) is 0 Å². The highest BCUT2D eigenvalue weighted by atomic mass is 16.5. The maximum absolute atomic E-state index is 5.54. The van der Waals surface area contributed by atoms with Crippen LogP contribution in [-0.2, 0) is 12.8 Å². The minimum absolute atomic E-state index is 0.659. The molecule has 1 aliphatic carbocycles. The summed E-state index contributed by atoms with van der Waals surface area (Å²) < 4.78 is 5.54. The summed E-state index contributed by atoms with van der Waals surface area (Å²) in [6.07, 6.45) is 7.84. The highest BCUT2D eigenvalue weighted by molar-refractivity contribution is 5.67. The Hall–Kier alpha value is -1.61. The van der Waals surface area contributed by atoms with Crippen LogP contribution in [-0.4, -0.2) is 29.2 Å². The monoisotopic (exact) mass is 312 g/mol. The third kappa shape index (κ3) is 3.35. The molecule has 3 heteroatoms. The smallest absolute Gasteiger partial charge is 0.170 e. The van der Waals surface area contributed by atoms with Gasteiger partial charge in [0.15, 0.2) is 5.76 Å². The molecular weight excluding hydrogens is 284 g/mol. The molecule has 2 aromatic rings. The minimum atomic E-state index is 0.659. The quantitative estimate of drug-likeness (QED) is 0.779. The van der Waals surface area contributed by atoms with Crippen molar-refractivity contribution in [3.8, 4) is 11.3 Å². The Balaban J connectivity index is 1.91. The third-order valence-corrected chi connectivity index (χ3v) is 4.99. The number of aryl methyl sites for hydroxylation is 2. The molecule has 0 radical (unpaired) electrons. The first-order valence-electron chi connectivity index (χ1n) is 9.01. The fraction of sp³-hybridized carbons (Fsp3) is 0.550. The SMILES string of the molecule is CCCN(CCC)C1CCc2cccc(-c3oncc3C)c2C1. The van der Waals surface area contributed by atoms with E-state index in [1.165, 1.54) is 55.5 Å². The molecule has 23 heavy (non-hydrogen) atoms. The number of aromatic nitrogens is 1. The Bertz CT molecular complexity index is 641. The number of nitrogens with zero attached hydrogens (tertiary/aromatic N) is 2. The van der Waals surface area contributed by atoms with E-state index < -0.39 is 0 Å². The maximum Gasteiger partial charge on any atom is 0.170 e. The molecule has 0 spiro atoms. The van der Waals surface area contributed by atoms with Gasteiger partial charge in [0.2, 0.25) is 0 Å². The second-order valence-corrected chi connectivity index (χ2v) is 6.71. The molecule has 1 unspecified atom stereocenters. The molecule has 1 heterocycles. The molecule has 124 valence electrons. The Morgan fingerprint density at radius 1 is 1.22 bits per heavy atom. The molecule has 0 N–H and O–H groups in total. The van der Waals surface area contributed by atoms with Crippen LogP contribution in [0, 0.1) is 6.92 Å². The van der Waals surface area contributed by atoms with Crippen LogP contribution in [0.1, 0.15) is 49.8 Å². The van der Waals surface area contributed by atoms with Gasteiger partial charge in [0.25, 0.3) is 0 Å². The molecule has 1 atom stereocenters. The second-order valence-electron chi connectivity index (χ2n) is 6.71. The highest BCUT2D eigenvalue weighted by Crippen LogP contribution is 2.34. The summed E-state index contributed by atoms with van der Waals surface area (Å²) in [5.41, 5.74) is 5.33. The Morgan fingerprint density at radius 3 is 2.65 bits per heavy atom. The largest absolute Gasteiger partial charge is 0.356 e. The lowest BCUT2D eigenvalue weighted by molar-refractivity contribution is 0.180. The van der Waals surface area contributed by atoms with Gasteiger partial charge in [-0.1, -0.05) is 37.2 Å². The van der Waals surface area contributed by atoms with Crippen LogP contribution < -0.4 is 0 Å². The van der Waals surface area contributed by atoms with Crippen LogP contribution in [0.3, 0.4) is 0 Å². The number of hydrogen-bond donors (Lipinski definition) is 0. The third-order valence-electron chi connectivity index (χ3n) is 4.99. The van der Waals surface area contributed by atoms with Gasteiger partial charge in [-0.15, -0.1) is 0 Å². The minimum Gasteiger partial charge on any atom is -0.356 e. The predicted molar refractivity (Wildman–Crippen MR) is 94.6 cm³/mol. The number of benzene rings is 1. The number of rotatable bonds is 6. The van der Waals surface area contributed by atoms with Crippen molar-refractivity contribution in [3.63, 3.8) is 0 Å². The highest BCUT2D eigenvalue weighted by Gasteiger charge is 2.26. The molecule has 0 saturated heterocycles. The zero-order valence-electron chi connectivity index (χ0n) is 14.6. The van der Waals surface area contributed by atoms with Crippen molar-refractivity contribution < 1.29 is 4.52 Å². The lowest BCUT2D eigenvalue weighted by atomic mass is 9.83. The normalized spacial score (nSPS) is 17.5. The van der Waals surface area contributed by atoms with Crippen molar-refractivity contribution in [3.05, 3.63) is 41.1 Å². The van der Waals surface area contributed by atoms with Crippen LogP contribution in [0.5, 0.6) is 0 Å². The van der Waals surface area contributed by atoms with Gasteiger partial charge < -0.3 is 9.42 Å². The lowest BCUT2D eigenvalue weighted by Gasteiger charge is -2.35. The molecule has 1 aromatic carbocycles. The van der Waals surface area contributed by atoms with Crippen molar-refractivity contribution >= 4 is 0 Å². The summed E-state index contributed by atoms with van der Waals surface area (Å²) in [4.78, 5) is 2.69. The molecule has 0 amide bonds. The van der Waals surface area contributed by atoms with Gasteiger partial charge in [-0.05, 0) is 63.2 Å². The van der Waals surface area contributed by atoms with Crippen molar-refractivity contribution in [1.29, 1.82) is 0 Å². The number of hydrogen-bond acceptors (Lipinski definition) is 3. The first-order valence-corrected chi connectivity index (χ1v) is 9.01. The van der Waals surface area contributed by atoms with Crippen LogP contribution in [0.15, 0.2) is 28.9 Å². The predicted octanol–water partition coefficient (Wildman–Crippen LogP) is 4.63. The average Bonchev–Trinajstić information content (AvgIpc) is 2.99. The van der Waals surface area contributed by atoms with E-state index in [1.54, 1.807) is 0 Å². The Kier molecular flexibility index (Phi) is 5.16. The van der Waals surface area contributed by atoms with Crippen LogP contribution in [0.4, 0.5) is 0 Å². The van der Waals surface area contributed by atoms with Crippen molar-refractivity contribution in [1.82, 2.24) is 10.1 Å². The van der Waals surface area contributed by atoms with E-state index >= 15 is 0 Å². The zero-order chi connectivity index (χ0) is 16.2. The Morgan fingerprint density at radius 2 is 2.00 bits per heavy atom. The van der Waals surface area contributed by atoms with Crippen LogP contribution in [0.25, 0.3) is 11.3 Å². The molecule has 0 bridgehead atoms. The summed E-state index contributed by atoms with van der Waals surface area (Å²) in [6.45, 7) is 9.05. The maximum atomic E-state index is 5.54. The lowest BCUT2D eigenvalue weighted by Crippen LogP contribution is -2.40. The molecule has 1 aliphatic rings. The summed E-state index contributed by atoms with van der Waals surface area (Å²) >= 11 is 0. The number of fused-ring (bicyclic) bond motifs is 1. The topological polar surface area (TPSA) is 29.3 Å². The molecule has 0 saturated carbocycles. The van der Waals surface area contributed by atoms with Crippen LogP contribution >= 0.6 is 0 Å². The Labute approximate surface area is 139 Å². The fourth-order valence-electron chi connectivity index (χ4n) is 3.90. The summed E-state index contributed by atoms with van der Waals surface area (Å²) in [6, 6.07) is 7.29.